The van der Waals surface area contributed by atoms with Gasteiger partial charge in [0.05, 0.1) is 24.8 Å². The van der Waals surface area contributed by atoms with Crippen molar-refractivity contribution >= 4 is 23.3 Å². The molecule has 21 heavy (non-hydrogen) atoms. The molecule has 2 aromatic heterocycles. The summed E-state index contributed by atoms with van der Waals surface area (Å²) in [6.07, 6.45) is 4.51. The summed E-state index contributed by atoms with van der Waals surface area (Å²) in [6, 6.07) is 2.65. The molecular formula is C14H18N4O2S. The molecule has 0 aromatic carbocycles. The maximum Gasteiger partial charge on any atom is 0.276 e. The SMILES string of the molecule is O=c1[nH]c(=S)n(CC2CN(C3CC3)CCO2)c2cc[nH]c12. The second kappa shape index (κ2) is 5.08. The van der Waals surface area contributed by atoms with Crippen LogP contribution in [0, 0.1) is 4.77 Å². The Morgan fingerprint density at radius 1 is 1.43 bits per heavy atom. The Bertz CT molecular complexity index is 773. The summed E-state index contributed by atoms with van der Waals surface area (Å²) in [5.74, 6) is 0. The Morgan fingerprint density at radius 2 is 2.29 bits per heavy atom. The smallest absolute Gasteiger partial charge is 0.276 e. The molecule has 0 amide bonds. The van der Waals surface area contributed by atoms with Crippen LogP contribution in [-0.2, 0) is 11.3 Å². The average molecular weight is 306 g/mol. The highest BCUT2D eigenvalue weighted by Crippen LogP contribution is 2.28. The van der Waals surface area contributed by atoms with E-state index in [1.807, 2.05) is 10.6 Å². The first-order valence-electron chi connectivity index (χ1n) is 7.38. The van der Waals surface area contributed by atoms with Crippen molar-refractivity contribution in [3.8, 4) is 0 Å². The van der Waals surface area contributed by atoms with Gasteiger partial charge in [0.2, 0.25) is 0 Å². The molecule has 2 N–H and O–H groups in total. The predicted molar refractivity (Wildman–Crippen MR) is 82.1 cm³/mol. The van der Waals surface area contributed by atoms with Crippen molar-refractivity contribution in [3.63, 3.8) is 0 Å². The molecule has 0 bridgehead atoms. The Balaban J connectivity index is 1.63. The third kappa shape index (κ3) is 2.45. The fourth-order valence-corrected chi connectivity index (χ4v) is 3.38. The van der Waals surface area contributed by atoms with E-state index in [1.165, 1.54) is 12.8 Å². The van der Waals surface area contributed by atoms with E-state index in [2.05, 4.69) is 14.9 Å². The van der Waals surface area contributed by atoms with Crippen LogP contribution in [0.5, 0.6) is 0 Å². The first-order chi connectivity index (χ1) is 10.2. The number of morpholine rings is 1. The number of hydrogen-bond acceptors (Lipinski definition) is 4. The van der Waals surface area contributed by atoms with Crippen molar-refractivity contribution in [1.29, 1.82) is 0 Å². The number of aromatic nitrogens is 3. The van der Waals surface area contributed by atoms with Gasteiger partial charge in [-0.15, -0.1) is 0 Å². The monoisotopic (exact) mass is 306 g/mol. The number of fused-ring (bicyclic) bond motifs is 1. The molecule has 4 rings (SSSR count). The van der Waals surface area contributed by atoms with Crippen molar-refractivity contribution in [2.24, 2.45) is 0 Å². The van der Waals surface area contributed by atoms with Crippen LogP contribution >= 0.6 is 12.2 Å². The number of nitrogens with zero attached hydrogens (tertiary/aromatic N) is 2. The van der Waals surface area contributed by atoms with Crippen LogP contribution in [0.1, 0.15) is 12.8 Å². The van der Waals surface area contributed by atoms with Crippen LogP contribution in [0.3, 0.4) is 0 Å². The van der Waals surface area contributed by atoms with Gasteiger partial charge in [0.1, 0.15) is 5.52 Å². The Hall–Kier alpha value is -1.44. The molecule has 0 spiro atoms. The molecule has 112 valence electrons. The van der Waals surface area contributed by atoms with Crippen LogP contribution in [0.25, 0.3) is 11.0 Å². The average Bonchev–Trinajstić information content (AvgIpc) is 3.21. The highest BCUT2D eigenvalue weighted by molar-refractivity contribution is 7.71. The fourth-order valence-electron chi connectivity index (χ4n) is 3.11. The molecule has 2 fully saturated rings. The number of nitrogens with one attached hydrogen (secondary N) is 2. The molecule has 1 aliphatic carbocycles. The molecule has 1 aliphatic heterocycles. The quantitative estimate of drug-likeness (QED) is 0.838. The zero-order valence-corrected chi connectivity index (χ0v) is 12.5. The summed E-state index contributed by atoms with van der Waals surface area (Å²) >= 11 is 5.32. The van der Waals surface area contributed by atoms with Crippen LogP contribution in [0.2, 0.25) is 0 Å². The maximum absolute atomic E-state index is 11.8. The molecule has 1 saturated carbocycles. The summed E-state index contributed by atoms with van der Waals surface area (Å²) < 4.78 is 8.31. The van der Waals surface area contributed by atoms with E-state index in [9.17, 15) is 4.79 Å². The minimum atomic E-state index is -0.166. The van der Waals surface area contributed by atoms with Crippen LogP contribution in [0.15, 0.2) is 17.1 Å². The molecule has 6 nitrogen and oxygen atoms in total. The van der Waals surface area contributed by atoms with Crippen molar-refractivity contribution in [2.75, 3.05) is 19.7 Å². The number of ether oxygens (including phenoxy) is 1. The lowest BCUT2D eigenvalue weighted by Gasteiger charge is -2.33. The fraction of sp³-hybridized carbons (Fsp3) is 0.571. The Labute approximate surface area is 126 Å². The minimum absolute atomic E-state index is 0.120. The zero-order chi connectivity index (χ0) is 14.4. The molecule has 7 heteroatoms. The second-order valence-corrected chi connectivity index (χ2v) is 6.21. The van der Waals surface area contributed by atoms with Gasteiger partial charge >= 0.3 is 0 Å². The largest absolute Gasteiger partial charge is 0.374 e. The second-order valence-electron chi connectivity index (χ2n) is 5.83. The van der Waals surface area contributed by atoms with Crippen molar-refractivity contribution in [3.05, 3.63) is 27.4 Å². The molecule has 1 unspecified atom stereocenters. The van der Waals surface area contributed by atoms with Crippen LogP contribution in [-0.4, -0.2) is 51.3 Å². The van der Waals surface area contributed by atoms with E-state index < -0.39 is 0 Å². The summed E-state index contributed by atoms with van der Waals surface area (Å²) in [6.45, 7) is 3.41. The highest BCUT2D eigenvalue weighted by atomic mass is 32.1. The van der Waals surface area contributed by atoms with Gasteiger partial charge in [-0.25, -0.2) is 0 Å². The van der Waals surface area contributed by atoms with Gasteiger partial charge in [-0.1, -0.05) is 0 Å². The Kier molecular flexibility index (Phi) is 3.20. The van der Waals surface area contributed by atoms with Crippen molar-refractivity contribution in [2.45, 2.75) is 31.5 Å². The molecule has 0 radical (unpaired) electrons. The summed E-state index contributed by atoms with van der Waals surface area (Å²) in [4.78, 5) is 20.1. The lowest BCUT2D eigenvalue weighted by Crippen LogP contribution is -2.45. The molecule has 3 heterocycles. The molecule has 1 atom stereocenters. The minimum Gasteiger partial charge on any atom is -0.374 e. The van der Waals surface area contributed by atoms with Gasteiger partial charge < -0.3 is 14.3 Å². The van der Waals surface area contributed by atoms with E-state index >= 15 is 0 Å². The molecule has 2 aliphatic rings. The van der Waals surface area contributed by atoms with E-state index in [4.69, 9.17) is 17.0 Å². The molecular weight excluding hydrogens is 288 g/mol. The zero-order valence-electron chi connectivity index (χ0n) is 11.7. The number of H-pyrrole nitrogens is 2. The molecule has 1 saturated heterocycles. The van der Waals surface area contributed by atoms with Crippen LogP contribution < -0.4 is 5.56 Å². The van der Waals surface area contributed by atoms with Crippen molar-refractivity contribution in [1.82, 2.24) is 19.4 Å². The van der Waals surface area contributed by atoms with Crippen LogP contribution in [0.4, 0.5) is 0 Å². The van der Waals surface area contributed by atoms with Gasteiger partial charge in [0, 0.05) is 25.3 Å². The normalized spacial score (nSPS) is 23.7. The number of aromatic amines is 2. The van der Waals surface area contributed by atoms with E-state index in [1.54, 1.807) is 6.20 Å². The van der Waals surface area contributed by atoms with Gasteiger partial charge in [0.25, 0.3) is 5.56 Å². The first-order valence-corrected chi connectivity index (χ1v) is 7.79. The van der Waals surface area contributed by atoms with Gasteiger partial charge in [-0.3, -0.25) is 14.7 Å². The predicted octanol–water partition coefficient (Wildman–Crippen LogP) is 1.25. The molecule has 2 aromatic rings. The topological polar surface area (TPSA) is 66.1 Å². The summed E-state index contributed by atoms with van der Waals surface area (Å²) in [5.41, 5.74) is 1.25. The number of hydrogen-bond donors (Lipinski definition) is 2. The third-order valence-corrected chi connectivity index (χ3v) is 4.65. The van der Waals surface area contributed by atoms with E-state index in [-0.39, 0.29) is 11.7 Å². The highest BCUT2D eigenvalue weighted by Gasteiger charge is 2.33. The summed E-state index contributed by atoms with van der Waals surface area (Å²) in [7, 11) is 0. The lowest BCUT2D eigenvalue weighted by atomic mass is 10.2. The first kappa shape index (κ1) is 13.2. The third-order valence-electron chi connectivity index (χ3n) is 4.33. The van der Waals surface area contributed by atoms with Gasteiger partial charge in [-0.2, -0.15) is 0 Å². The standard InChI is InChI=1S/C14H18N4O2S/c19-13-12-11(3-4-15-12)18(14(21)16-13)8-10-7-17(5-6-20-10)9-1-2-9/h3-4,9-10,15H,1-2,5-8H2,(H,16,19,21). The van der Waals surface area contributed by atoms with E-state index in [0.717, 1.165) is 31.3 Å². The summed E-state index contributed by atoms with van der Waals surface area (Å²) in [5, 5.41) is 0. The van der Waals surface area contributed by atoms with E-state index in [0.29, 0.717) is 16.8 Å². The van der Waals surface area contributed by atoms with Crippen molar-refractivity contribution < 1.29 is 4.74 Å². The lowest BCUT2D eigenvalue weighted by molar-refractivity contribution is -0.0386. The van der Waals surface area contributed by atoms with Gasteiger partial charge in [0.15, 0.2) is 4.77 Å². The maximum atomic E-state index is 11.8. The number of rotatable bonds is 3. The van der Waals surface area contributed by atoms with Gasteiger partial charge in [-0.05, 0) is 31.1 Å². The Morgan fingerprint density at radius 3 is 3.10 bits per heavy atom.